The van der Waals surface area contributed by atoms with E-state index in [2.05, 4.69) is 56.8 Å². The SMILES string of the molecule is CC(C)(C)N[SiH](NC(C)(C)C)OCCNC1CCCC1. The van der Waals surface area contributed by atoms with Crippen LogP contribution in [0, 0.1) is 0 Å². The van der Waals surface area contributed by atoms with Crippen molar-refractivity contribution in [3.05, 3.63) is 0 Å². The summed E-state index contributed by atoms with van der Waals surface area (Å²) >= 11 is 0. The Kier molecular flexibility index (Phi) is 7.15. The predicted molar refractivity (Wildman–Crippen MR) is 89.1 cm³/mol. The fourth-order valence-corrected chi connectivity index (χ4v) is 4.64. The molecule has 0 spiro atoms. The smallest absolute Gasteiger partial charge is 0.335 e. The van der Waals surface area contributed by atoms with Crippen molar-refractivity contribution >= 4 is 9.36 Å². The van der Waals surface area contributed by atoms with Gasteiger partial charge in [-0.3, -0.25) is 0 Å². The van der Waals surface area contributed by atoms with E-state index >= 15 is 0 Å². The molecule has 1 rings (SSSR count). The van der Waals surface area contributed by atoms with Crippen LogP contribution in [0.2, 0.25) is 0 Å². The van der Waals surface area contributed by atoms with Gasteiger partial charge in [0, 0.05) is 30.3 Å². The summed E-state index contributed by atoms with van der Waals surface area (Å²) in [5.41, 5.74) is 0.183. The van der Waals surface area contributed by atoms with Gasteiger partial charge in [0.2, 0.25) is 0 Å². The van der Waals surface area contributed by atoms with Gasteiger partial charge in [-0.05, 0) is 54.4 Å². The lowest BCUT2D eigenvalue weighted by Gasteiger charge is -2.32. The van der Waals surface area contributed by atoms with E-state index in [-0.39, 0.29) is 11.1 Å². The van der Waals surface area contributed by atoms with Crippen molar-refractivity contribution in [2.24, 2.45) is 0 Å². The maximum Gasteiger partial charge on any atom is 0.335 e. The summed E-state index contributed by atoms with van der Waals surface area (Å²) in [6.45, 7) is 14.9. The Morgan fingerprint density at radius 2 is 1.45 bits per heavy atom. The molecule has 4 nitrogen and oxygen atoms in total. The maximum atomic E-state index is 6.11. The zero-order valence-corrected chi connectivity index (χ0v) is 15.5. The molecule has 0 aromatic carbocycles. The molecule has 1 aliphatic rings. The first-order valence-electron chi connectivity index (χ1n) is 8.06. The van der Waals surface area contributed by atoms with Crippen LogP contribution in [0.4, 0.5) is 0 Å². The summed E-state index contributed by atoms with van der Waals surface area (Å²) < 4.78 is 6.11. The summed E-state index contributed by atoms with van der Waals surface area (Å²) in [7, 11) is -1.59. The lowest BCUT2D eigenvalue weighted by molar-refractivity contribution is 0.269. The lowest BCUT2D eigenvalue weighted by atomic mass is 10.1. The summed E-state index contributed by atoms with van der Waals surface area (Å²) in [4.78, 5) is 7.24. The van der Waals surface area contributed by atoms with Crippen LogP contribution in [-0.2, 0) is 4.43 Å². The second-order valence-electron chi connectivity index (χ2n) is 7.98. The average molecular weight is 302 g/mol. The van der Waals surface area contributed by atoms with E-state index in [9.17, 15) is 0 Å². The van der Waals surface area contributed by atoms with Crippen molar-refractivity contribution in [2.75, 3.05) is 13.2 Å². The molecule has 0 unspecified atom stereocenters. The summed E-state index contributed by atoms with van der Waals surface area (Å²) in [6.07, 6.45) is 5.43. The van der Waals surface area contributed by atoms with Crippen molar-refractivity contribution in [1.82, 2.24) is 15.3 Å². The van der Waals surface area contributed by atoms with Crippen LogP contribution in [0.1, 0.15) is 67.2 Å². The Balaban J connectivity index is 2.27. The zero-order valence-electron chi connectivity index (χ0n) is 14.3. The van der Waals surface area contributed by atoms with Crippen LogP contribution in [0.15, 0.2) is 0 Å². The Morgan fingerprint density at radius 3 is 1.90 bits per heavy atom. The standard InChI is InChI=1S/C15H35N3OSi/c1-14(2,3)17-20(18-15(4,5)6)19-12-11-16-13-9-7-8-10-13/h13,16-18,20H,7-12H2,1-6H3. The molecule has 20 heavy (non-hydrogen) atoms. The quantitative estimate of drug-likeness (QED) is 0.497. The molecule has 120 valence electrons. The molecule has 0 bridgehead atoms. The molecule has 0 saturated heterocycles. The molecule has 1 fully saturated rings. The first-order chi connectivity index (χ1) is 9.16. The summed E-state index contributed by atoms with van der Waals surface area (Å²) in [6, 6.07) is 0.727. The summed E-state index contributed by atoms with van der Waals surface area (Å²) in [5.74, 6) is 0. The Bertz CT molecular complexity index is 251. The van der Waals surface area contributed by atoms with Crippen LogP contribution < -0.4 is 15.3 Å². The summed E-state index contributed by atoms with van der Waals surface area (Å²) in [5, 5.41) is 3.60. The van der Waals surface area contributed by atoms with E-state index in [1.54, 1.807) is 0 Å². The van der Waals surface area contributed by atoms with Gasteiger partial charge in [0.05, 0.1) is 0 Å². The minimum absolute atomic E-state index is 0.0913. The Labute approximate surface area is 127 Å². The average Bonchev–Trinajstić information content (AvgIpc) is 2.72. The maximum absolute atomic E-state index is 6.11. The van der Waals surface area contributed by atoms with Crippen LogP contribution in [0.5, 0.6) is 0 Å². The highest BCUT2D eigenvalue weighted by molar-refractivity contribution is 6.46. The normalized spacial score (nSPS) is 18.1. The van der Waals surface area contributed by atoms with Gasteiger partial charge in [0.25, 0.3) is 0 Å². The third kappa shape index (κ3) is 9.08. The van der Waals surface area contributed by atoms with E-state index in [0.29, 0.717) is 0 Å². The van der Waals surface area contributed by atoms with Crippen molar-refractivity contribution < 1.29 is 4.43 Å². The Morgan fingerprint density at radius 1 is 0.950 bits per heavy atom. The second-order valence-corrected chi connectivity index (χ2v) is 9.65. The Hall–Kier alpha value is 0.0569. The number of nitrogens with one attached hydrogen (secondary N) is 3. The van der Waals surface area contributed by atoms with Gasteiger partial charge < -0.3 is 19.7 Å². The van der Waals surface area contributed by atoms with Crippen molar-refractivity contribution in [2.45, 2.75) is 84.3 Å². The third-order valence-corrected chi connectivity index (χ3v) is 6.13. The third-order valence-electron chi connectivity index (χ3n) is 3.30. The fraction of sp³-hybridized carbons (Fsp3) is 1.00. The molecule has 0 heterocycles. The highest BCUT2D eigenvalue weighted by atomic mass is 28.3. The van der Waals surface area contributed by atoms with Crippen LogP contribution in [0.25, 0.3) is 0 Å². The molecular weight excluding hydrogens is 266 g/mol. The molecular formula is C15H35N3OSi. The van der Waals surface area contributed by atoms with Gasteiger partial charge in [-0.1, -0.05) is 12.8 Å². The van der Waals surface area contributed by atoms with Gasteiger partial charge in [-0.15, -0.1) is 0 Å². The van der Waals surface area contributed by atoms with Crippen molar-refractivity contribution in [3.63, 3.8) is 0 Å². The second kappa shape index (κ2) is 7.89. The van der Waals surface area contributed by atoms with E-state index in [0.717, 1.165) is 19.2 Å². The van der Waals surface area contributed by atoms with E-state index in [1.807, 2.05) is 0 Å². The highest BCUT2D eigenvalue weighted by Gasteiger charge is 2.24. The molecule has 3 N–H and O–H groups in total. The van der Waals surface area contributed by atoms with Crippen LogP contribution >= 0.6 is 0 Å². The molecule has 0 aliphatic heterocycles. The largest absolute Gasteiger partial charge is 0.393 e. The van der Waals surface area contributed by atoms with Crippen molar-refractivity contribution in [1.29, 1.82) is 0 Å². The van der Waals surface area contributed by atoms with Crippen LogP contribution in [-0.4, -0.2) is 39.6 Å². The van der Waals surface area contributed by atoms with Gasteiger partial charge in [0.15, 0.2) is 0 Å². The lowest BCUT2D eigenvalue weighted by Crippen LogP contribution is -2.62. The monoisotopic (exact) mass is 301 g/mol. The molecule has 0 aromatic rings. The van der Waals surface area contributed by atoms with Gasteiger partial charge >= 0.3 is 9.36 Å². The molecule has 0 atom stereocenters. The van der Waals surface area contributed by atoms with E-state index in [1.165, 1.54) is 25.7 Å². The topological polar surface area (TPSA) is 45.3 Å². The fourth-order valence-electron chi connectivity index (χ4n) is 2.48. The highest BCUT2D eigenvalue weighted by Crippen LogP contribution is 2.17. The minimum atomic E-state index is -1.59. The number of hydrogen-bond donors (Lipinski definition) is 3. The van der Waals surface area contributed by atoms with Gasteiger partial charge in [-0.2, -0.15) is 0 Å². The van der Waals surface area contributed by atoms with Gasteiger partial charge in [-0.25, -0.2) is 0 Å². The van der Waals surface area contributed by atoms with Crippen LogP contribution in [0.3, 0.4) is 0 Å². The van der Waals surface area contributed by atoms with E-state index < -0.39 is 9.36 Å². The molecule has 1 aliphatic carbocycles. The first-order valence-corrected chi connectivity index (χ1v) is 9.69. The van der Waals surface area contributed by atoms with Gasteiger partial charge in [0.1, 0.15) is 0 Å². The van der Waals surface area contributed by atoms with E-state index in [4.69, 9.17) is 4.43 Å². The molecule has 0 radical (unpaired) electrons. The zero-order chi connectivity index (χ0) is 15.2. The predicted octanol–water partition coefficient (Wildman–Crippen LogP) is 2.03. The molecule has 0 amide bonds. The molecule has 5 heteroatoms. The minimum Gasteiger partial charge on any atom is -0.393 e. The molecule has 0 aromatic heterocycles. The molecule has 1 saturated carbocycles. The number of rotatable bonds is 7. The first kappa shape index (κ1) is 18.1. The van der Waals surface area contributed by atoms with Crippen molar-refractivity contribution in [3.8, 4) is 0 Å². The number of hydrogen-bond acceptors (Lipinski definition) is 4.